The van der Waals surface area contributed by atoms with Crippen molar-refractivity contribution in [2.75, 3.05) is 19.7 Å². The standard InChI is InChI=1S/C15H30N2O/c1-3-4-5-9-15(2,12-16)17-10-11-18-14-8-6-7-13(14)17/h13-14H,3-12,16H2,1-2H3. The zero-order valence-electron chi connectivity index (χ0n) is 12.2. The fourth-order valence-electron chi connectivity index (χ4n) is 3.71. The van der Waals surface area contributed by atoms with Crippen LogP contribution in [-0.4, -0.2) is 42.3 Å². The quantitative estimate of drug-likeness (QED) is 0.740. The zero-order valence-corrected chi connectivity index (χ0v) is 12.2. The number of nitrogens with two attached hydrogens (primary N) is 1. The Kier molecular flexibility index (Phi) is 5.05. The molecule has 0 aromatic heterocycles. The maximum Gasteiger partial charge on any atom is 0.0731 e. The predicted molar refractivity (Wildman–Crippen MR) is 75.7 cm³/mol. The molecule has 18 heavy (non-hydrogen) atoms. The van der Waals surface area contributed by atoms with E-state index in [1.807, 2.05) is 0 Å². The molecule has 0 bridgehead atoms. The Morgan fingerprint density at radius 1 is 1.33 bits per heavy atom. The molecule has 1 saturated carbocycles. The third-order valence-electron chi connectivity index (χ3n) is 4.93. The third-order valence-corrected chi connectivity index (χ3v) is 4.93. The lowest BCUT2D eigenvalue weighted by atomic mass is 9.89. The Labute approximate surface area is 112 Å². The van der Waals surface area contributed by atoms with Crippen LogP contribution in [0.5, 0.6) is 0 Å². The Morgan fingerprint density at radius 2 is 2.17 bits per heavy atom. The van der Waals surface area contributed by atoms with Crippen LogP contribution in [0.25, 0.3) is 0 Å². The molecule has 1 saturated heterocycles. The second kappa shape index (κ2) is 6.36. The number of hydrogen-bond acceptors (Lipinski definition) is 3. The molecular weight excluding hydrogens is 224 g/mol. The molecule has 2 aliphatic rings. The van der Waals surface area contributed by atoms with E-state index in [4.69, 9.17) is 10.5 Å². The van der Waals surface area contributed by atoms with E-state index in [0.717, 1.165) is 19.7 Å². The van der Waals surface area contributed by atoms with Gasteiger partial charge in [-0.1, -0.05) is 26.2 Å². The molecular formula is C15H30N2O. The van der Waals surface area contributed by atoms with Gasteiger partial charge in [0.15, 0.2) is 0 Å². The van der Waals surface area contributed by atoms with Crippen molar-refractivity contribution >= 4 is 0 Å². The average molecular weight is 254 g/mol. The number of morpholine rings is 1. The highest BCUT2D eigenvalue weighted by atomic mass is 16.5. The van der Waals surface area contributed by atoms with Gasteiger partial charge in [0.2, 0.25) is 0 Å². The van der Waals surface area contributed by atoms with Crippen LogP contribution in [0.4, 0.5) is 0 Å². The zero-order chi connectivity index (χ0) is 13.0. The van der Waals surface area contributed by atoms with Crippen molar-refractivity contribution in [1.82, 2.24) is 4.90 Å². The van der Waals surface area contributed by atoms with E-state index in [-0.39, 0.29) is 5.54 Å². The smallest absolute Gasteiger partial charge is 0.0731 e. The number of rotatable bonds is 6. The highest BCUT2D eigenvalue weighted by Gasteiger charge is 2.43. The van der Waals surface area contributed by atoms with Gasteiger partial charge < -0.3 is 10.5 Å². The van der Waals surface area contributed by atoms with Crippen molar-refractivity contribution in [2.45, 2.75) is 76.5 Å². The molecule has 0 aromatic rings. The van der Waals surface area contributed by atoms with Crippen LogP contribution in [0.2, 0.25) is 0 Å². The first kappa shape index (κ1) is 14.3. The molecule has 2 fully saturated rings. The molecule has 2 N–H and O–H groups in total. The molecule has 1 aliphatic carbocycles. The number of nitrogens with zero attached hydrogens (tertiary/aromatic N) is 1. The van der Waals surface area contributed by atoms with Crippen molar-refractivity contribution in [1.29, 1.82) is 0 Å². The van der Waals surface area contributed by atoms with Gasteiger partial charge in [-0.2, -0.15) is 0 Å². The Hall–Kier alpha value is -0.120. The van der Waals surface area contributed by atoms with Crippen LogP contribution in [0.3, 0.4) is 0 Å². The second-order valence-corrected chi connectivity index (χ2v) is 6.26. The lowest BCUT2D eigenvalue weighted by Gasteiger charge is -2.49. The van der Waals surface area contributed by atoms with Crippen LogP contribution in [0.15, 0.2) is 0 Å². The highest BCUT2D eigenvalue weighted by Crippen LogP contribution is 2.35. The molecule has 1 aliphatic heterocycles. The van der Waals surface area contributed by atoms with Crippen molar-refractivity contribution < 1.29 is 4.74 Å². The summed E-state index contributed by atoms with van der Waals surface area (Å²) in [5, 5.41) is 0. The first-order chi connectivity index (χ1) is 8.71. The van der Waals surface area contributed by atoms with Gasteiger partial charge in [0, 0.05) is 24.7 Å². The molecule has 0 aromatic carbocycles. The van der Waals surface area contributed by atoms with Crippen LogP contribution in [0.1, 0.15) is 58.8 Å². The Morgan fingerprint density at radius 3 is 2.89 bits per heavy atom. The monoisotopic (exact) mass is 254 g/mol. The summed E-state index contributed by atoms with van der Waals surface area (Å²) >= 11 is 0. The van der Waals surface area contributed by atoms with Crippen LogP contribution >= 0.6 is 0 Å². The highest BCUT2D eigenvalue weighted by molar-refractivity contribution is 4.98. The molecule has 0 amide bonds. The first-order valence-corrected chi connectivity index (χ1v) is 7.79. The first-order valence-electron chi connectivity index (χ1n) is 7.79. The maximum absolute atomic E-state index is 6.12. The predicted octanol–water partition coefficient (Wildman–Crippen LogP) is 2.54. The van der Waals surface area contributed by atoms with Crippen molar-refractivity contribution in [3.8, 4) is 0 Å². The fraction of sp³-hybridized carbons (Fsp3) is 1.00. The molecule has 3 atom stereocenters. The summed E-state index contributed by atoms with van der Waals surface area (Å²) in [6.07, 6.45) is 9.51. The SMILES string of the molecule is CCCCCC(C)(CN)N1CCOC2CCCC21. The molecule has 2 rings (SSSR count). The van der Waals surface area contributed by atoms with E-state index < -0.39 is 0 Å². The third kappa shape index (κ3) is 2.89. The lowest BCUT2D eigenvalue weighted by molar-refractivity contribution is -0.0955. The number of unbranched alkanes of at least 4 members (excludes halogenated alkanes) is 2. The van der Waals surface area contributed by atoms with Crippen molar-refractivity contribution in [2.24, 2.45) is 5.73 Å². The van der Waals surface area contributed by atoms with Gasteiger partial charge in [-0.15, -0.1) is 0 Å². The van der Waals surface area contributed by atoms with Gasteiger partial charge >= 0.3 is 0 Å². The van der Waals surface area contributed by atoms with E-state index >= 15 is 0 Å². The molecule has 3 unspecified atom stereocenters. The molecule has 0 radical (unpaired) electrons. The second-order valence-electron chi connectivity index (χ2n) is 6.26. The summed E-state index contributed by atoms with van der Waals surface area (Å²) in [6.45, 7) is 7.37. The Balaban J connectivity index is 2.00. The average Bonchev–Trinajstić information content (AvgIpc) is 2.86. The van der Waals surface area contributed by atoms with Crippen molar-refractivity contribution in [3.05, 3.63) is 0 Å². The number of hydrogen-bond donors (Lipinski definition) is 1. The topological polar surface area (TPSA) is 38.5 Å². The Bertz CT molecular complexity index is 259. The van der Waals surface area contributed by atoms with Gasteiger partial charge in [-0.3, -0.25) is 4.90 Å². The molecule has 1 heterocycles. The summed E-state index contributed by atoms with van der Waals surface area (Å²) in [7, 11) is 0. The van der Waals surface area contributed by atoms with Crippen LogP contribution in [-0.2, 0) is 4.74 Å². The summed E-state index contributed by atoms with van der Waals surface area (Å²) in [5.41, 5.74) is 6.31. The van der Waals surface area contributed by atoms with E-state index in [1.165, 1.54) is 44.9 Å². The molecule has 3 nitrogen and oxygen atoms in total. The normalized spacial score (nSPS) is 32.2. The van der Waals surface area contributed by atoms with E-state index in [1.54, 1.807) is 0 Å². The summed E-state index contributed by atoms with van der Waals surface area (Å²) in [4.78, 5) is 2.68. The maximum atomic E-state index is 6.12. The minimum atomic E-state index is 0.187. The summed E-state index contributed by atoms with van der Waals surface area (Å²) in [5.74, 6) is 0. The van der Waals surface area contributed by atoms with E-state index in [2.05, 4.69) is 18.7 Å². The van der Waals surface area contributed by atoms with Gasteiger partial charge in [0.1, 0.15) is 0 Å². The van der Waals surface area contributed by atoms with Gasteiger partial charge in [-0.05, 0) is 32.6 Å². The van der Waals surface area contributed by atoms with Gasteiger partial charge in [0.05, 0.1) is 12.7 Å². The van der Waals surface area contributed by atoms with Gasteiger partial charge in [0.25, 0.3) is 0 Å². The molecule has 0 spiro atoms. The van der Waals surface area contributed by atoms with Crippen LogP contribution in [0, 0.1) is 0 Å². The number of fused-ring (bicyclic) bond motifs is 1. The van der Waals surface area contributed by atoms with Crippen molar-refractivity contribution in [3.63, 3.8) is 0 Å². The summed E-state index contributed by atoms with van der Waals surface area (Å²) in [6, 6.07) is 0.633. The van der Waals surface area contributed by atoms with E-state index in [0.29, 0.717) is 12.1 Å². The summed E-state index contributed by atoms with van der Waals surface area (Å²) < 4.78 is 5.91. The van der Waals surface area contributed by atoms with Crippen LogP contribution < -0.4 is 5.73 Å². The lowest BCUT2D eigenvalue weighted by Crippen LogP contribution is -2.61. The number of ether oxygens (including phenoxy) is 1. The van der Waals surface area contributed by atoms with Gasteiger partial charge in [-0.25, -0.2) is 0 Å². The van der Waals surface area contributed by atoms with E-state index in [9.17, 15) is 0 Å². The minimum absolute atomic E-state index is 0.187. The molecule has 3 heteroatoms. The largest absolute Gasteiger partial charge is 0.375 e. The fourth-order valence-corrected chi connectivity index (χ4v) is 3.71. The minimum Gasteiger partial charge on any atom is -0.375 e. The molecule has 106 valence electrons.